The molecule has 154 valence electrons. The third-order valence-corrected chi connectivity index (χ3v) is 5.41. The fraction of sp³-hybridized carbons (Fsp3) is 0.190. The Bertz CT molecular complexity index is 1110. The van der Waals surface area contributed by atoms with E-state index >= 15 is 0 Å². The minimum atomic E-state index is -1.07. The topological polar surface area (TPSA) is 109 Å². The van der Waals surface area contributed by atoms with E-state index in [1.165, 1.54) is 11.9 Å². The summed E-state index contributed by atoms with van der Waals surface area (Å²) in [5.74, 6) is -0.633. The summed E-state index contributed by atoms with van der Waals surface area (Å²) in [7, 11) is 0.442. The lowest BCUT2D eigenvalue weighted by Gasteiger charge is -2.31. The zero-order valence-corrected chi connectivity index (χ0v) is 17.5. The molecular formula is C21H23BN4O3S. The van der Waals surface area contributed by atoms with Gasteiger partial charge in [0.05, 0.1) is 5.92 Å². The largest absolute Gasteiger partial charge is 0.454 e. The predicted octanol–water partition coefficient (Wildman–Crippen LogP) is 1.37. The molecule has 1 atom stereocenters. The normalized spacial score (nSPS) is 14.0. The summed E-state index contributed by atoms with van der Waals surface area (Å²) in [6.07, 6.45) is 3.73. The van der Waals surface area contributed by atoms with Crippen molar-refractivity contribution in [2.45, 2.75) is 12.3 Å². The van der Waals surface area contributed by atoms with Crippen LogP contribution in [0.1, 0.15) is 17.0 Å². The number of benzene rings is 2. The van der Waals surface area contributed by atoms with Crippen LogP contribution in [-0.4, -0.2) is 47.3 Å². The van der Waals surface area contributed by atoms with Crippen molar-refractivity contribution in [2.24, 2.45) is 5.73 Å². The van der Waals surface area contributed by atoms with Gasteiger partial charge in [-0.2, -0.15) is 13.5 Å². The standard InChI is InChI=1S/C21H21BN4O3.H2S/c1-26-21(28)25-20-16(3-2-4-18(20)22(26)29)17(11-23)19(27)10-13-5-6-15-12-24-8-7-14(15)9-13;/h2-9,12,17,29H,10-11,23H2,1H3,(H,25,28);1H2/t17-;/m1./s1. The summed E-state index contributed by atoms with van der Waals surface area (Å²) in [5, 5.41) is 15.2. The molecule has 0 bridgehead atoms. The summed E-state index contributed by atoms with van der Waals surface area (Å²) in [6.45, 7) is 0.106. The van der Waals surface area contributed by atoms with Crippen LogP contribution in [0, 0.1) is 0 Å². The molecule has 1 aliphatic heterocycles. The number of urea groups is 1. The smallest absolute Gasteiger partial charge is 0.428 e. The molecule has 2 amide bonds. The molecule has 0 aliphatic carbocycles. The summed E-state index contributed by atoms with van der Waals surface area (Å²) >= 11 is 0. The molecule has 0 saturated heterocycles. The Balaban J connectivity index is 0.00000256. The van der Waals surface area contributed by atoms with Crippen LogP contribution in [0.4, 0.5) is 10.5 Å². The molecule has 0 saturated carbocycles. The number of fused-ring (bicyclic) bond motifs is 2. The number of nitrogens with one attached hydrogen (secondary N) is 1. The zero-order valence-electron chi connectivity index (χ0n) is 16.5. The zero-order chi connectivity index (χ0) is 20.5. The van der Waals surface area contributed by atoms with Crippen LogP contribution >= 0.6 is 13.5 Å². The second-order valence-electron chi connectivity index (χ2n) is 7.21. The number of carbonyl (C=O) groups excluding carboxylic acids is 2. The van der Waals surface area contributed by atoms with E-state index in [-0.39, 0.29) is 32.2 Å². The number of Topliss-reactive ketones (excluding diaryl/α,β-unsaturated/α-hetero) is 1. The Kier molecular flexibility index (Phi) is 6.45. The number of hydrogen-bond acceptors (Lipinski definition) is 5. The third kappa shape index (κ3) is 3.91. The van der Waals surface area contributed by atoms with Crippen LogP contribution in [-0.2, 0) is 11.2 Å². The highest BCUT2D eigenvalue weighted by Gasteiger charge is 2.36. The highest BCUT2D eigenvalue weighted by molar-refractivity contribution is 7.59. The molecule has 1 aromatic heterocycles. The number of anilines is 1. The van der Waals surface area contributed by atoms with Crippen LogP contribution < -0.4 is 16.5 Å². The van der Waals surface area contributed by atoms with E-state index in [2.05, 4.69) is 10.3 Å². The van der Waals surface area contributed by atoms with Crippen LogP contribution in [0.5, 0.6) is 0 Å². The first-order valence-corrected chi connectivity index (χ1v) is 9.39. The van der Waals surface area contributed by atoms with E-state index in [0.29, 0.717) is 16.7 Å². The van der Waals surface area contributed by atoms with Gasteiger partial charge in [-0.1, -0.05) is 36.4 Å². The third-order valence-electron chi connectivity index (χ3n) is 5.41. The van der Waals surface area contributed by atoms with Crippen LogP contribution in [0.15, 0.2) is 54.9 Å². The number of aromatic nitrogens is 1. The van der Waals surface area contributed by atoms with Crippen molar-refractivity contribution in [1.29, 1.82) is 0 Å². The quantitative estimate of drug-likeness (QED) is 0.539. The Morgan fingerprint density at radius 3 is 2.83 bits per heavy atom. The molecule has 7 nitrogen and oxygen atoms in total. The molecule has 0 fully saturated rings. The van der Waals surface area contributed by atoms with Gasteiger partial charge in [-0.05, 0) is 28.0 Å². The molecule has 2 heterocycles. The van der Waals surface area contributed by atoms with Gasteiger partial charge in [0, 0.05) is 43.5 Å². The van der Waals surface area contributed by atoms with Gasteiger partial charge in [0.25, 0.3) is 0 Å². The minimum Gasteiger partial charge on any atom is -0.428 e. The van der Waals surface area contributed by atoms with Crippen LogP contribution in [0.25, 0.3) is 10.8 Å². The van der Waals surface area contributed by atoms with Gasteiger partial charge in [0.15, 0.2) is 0 Å². The molecule has 0 spiro atoms. The molecule has 0 unspecified atom stereocenters. The molecule has 3 aromatic rings. The molecule has 4 rings (SSSR count). The first kappa shape index (κ1) is 21.8. The molecular weight excluding hydrogens is 399 g/mol. The second kappa shape index (κ2) is 8.87. The number of para-hydroxylation sites is 1. The van der Waals surface area contributed by atoms with Crippen molar-refractivity contribution in [3.8, 4) is 0 Å². The van der Waals surface area contributed by atoms with Crippen molar-refractivity contribution in [3.63, 3.8) is 0 Å². The lowest BCUT2D eigenvalue weighted by atomic mass is 9.68. The number of rotatable bonds is 5. The maximum absolute atomic E-state index is 13.1. The van der Waals surface area contributed by atoms with Crippen molar-refractivity contribution in [2.75, 3.05) is 18.9 Å². The molecule has 9 heteroatoms. The van der Waals surface area contributed by atoms with E-state index in [9.17, 15) is 14.6 Å². The predicted molar refractivity (Wildman–Crippen MR) is 123 cm³/mol. The van der Waals surface area contributed by atoms with Gasteiger partial charge >= 0.3 is 13.1 Å². The first-order valence-electron chi connectivity index (χ1n) is 9.39. The SMILES string of the molecule is CN1B(O)c2cccc([C@@H](CN)C(=O)Cc3ccc4cnccc4c3)c2NC1=O.S. The molecule has 1 aliphatic rings. The molecule has 2 aromatic carbocycles. The average molecular weight is 422 g/mol. The van der Waals surface area contributed by atoms with Crippen molar-refractivity contribution >= 4 is 54.3 Å². The van der Waals surface area contributed by atoms with E-state index in [0.717, 1.165) is 16.3 Å². The Morgan fingerprint density at radius 1 is 1.27 bits per heavy atom. The Morgan fingerprint density at radius 2 is 2.07 bits per heavy atom. The van der Waals surface area contributed by atoms with Gasteiger partial charge in [0.1, 0.15) is 5.78 Å². The maximum Gasteiger partial charge on any atom is 0.454 e. The second-order valence-corrected chi connectivity index (χ2v) is 7.21. The number of amides is 2. The van der Waals surface area contributed by atoms with E-state index in [1.54, 1.807) is 30.6 Å². The number of ketones is 1. The monoisotopic (exact) mass is 422 g/mol. The van der Waals surface area contributed by atoms with E-state index in [4.69, 9.17) is 5.73 Å². The fourth-order valence-corrected chi connectivity index (χ4v) is 3.75. The summed E-state index contributed by atoms with van der Waals surface area (Å²) in [6, 6.07) is 12.6. The van der Waals surface area contributed by atoms with E-state index < -0.39 is 19.0 Å². The lowest BCUT2D eigenvalue weighted by Crippen LogP contribution is -2.56. The number of nitrogens with two attached hydrogens (primary N) is 1. The van der Waals surface area contributed by atoms with Gasteiger partial charge in [-0.3, -0.25) is 9.78 Å². The molecule has 0 radical (unpaired) electrons. The number of pyridine rings is 1. The van der Waals surface area contributed by atoms with Crippen LogP contribution in [0.2, 0.25) is 0 Å². The highest BCUT2D eigenvalue weighted by atomic mass is 32.1. The van der Waals surface area contributed by atoms with Gasteiger partial charge in [0.2, 0.25) is 0 Å². The van der Waals surface area contributed by atoms with Gasteiger partial charge in [-0.25, -0.2) is 4.79 Å². The minimum absolute atomic E-state index is 0. The maximum atomic E-state index is 13.1. The van der Waals surface area contributed by atoms with Crippen molar-refractivity contribution in [1.82, 2.24) is 9.79 Å². The average Bonchev–Trinajstić information content (AvgIpc) is 2.73. The Labute approximate surface area is 181 Å². The first-order chi connectivity index (χ1) is 14.0. The van der Waals surface area contributed by atoms with Gasteiger partial charge < -0.3 is 20.9 Å². The summed E-state index contributed by atoms with van der Waals surface area (Å²) in [4.78, 5) is 30.6. The van der Waals surface area contributed by atoms with Gasteiger partial charge in [-0.15, -0.1) is 0 Å². The van der Waals surface area contributed by atoms with Crippen LogP contribution in [0.3, 0.4) is 0 Å². The summed E-state index contributed by atoms with van der Waals surface area (Å²) < 4.78 is 0. The van der Waals surface area contributed by atoms with Crippen molar-refractivity contribution in [3.05, 3.63) is 66.0 Å². The summed E-state index contributed by atoms with van der Waals surface area (Å²) in [5.41, 5.74) is 8.50. The molecule has 4 N–H and O–H groups in total. The number of nitrogens with zero attached hydrogens (tertiary/aromatic N) is 2. The molecule has 30 heavy (non-hydrogen) atoms. The number of hydrogen-bond donors (Lipinski definition) is 3. The Hall–Kier alpha value is -2.88. The highest BCUT2D eigenvalue weighted by Crippen LogP contribution is 2.28. The number of carbonyl (C=O) groups is 2. The van der Waals surface area contributed by atoms with E-state index in [1.807, 2.05) is 24.3 Å². The fourth-order valence-electron chi connectivity index (χ4n) is 3.75. The van der Waals surface area contributed by atoms with Crippen molar-refractivity contribution < 1.29 is 14.6 Å². The lowest BCUT2D eigenvalue weighted by molar-refractivity contribution is -0.119.